The zero-order chi connectivity index (χ0) is 18.4. The fourth-order valence-corrected chi connectivity index (χ4v) is 2.31. The van der Waals surface area contributed by atoms with Crippen molar-refractivity contribution in [2.75, 3.05) is 5.32 Å². The van der Waals surface area contributed by atoms with Crippen molar-refractivity contribution in [2.45, 2.75) is 6.92 Å². The van der Waals surface area contributed by atoms with Crippen LogP contribution in [0.25, 0.3) is 0 Å². The minimum Gasteiger partial charge on any atom is -0.463 e. The van der Waals surface area contributed by atoms with Crippen LogP contribution in [0.15, 0.2) is 76.4 Å². The highest BCUT2D eigenvalue weighted by atomic mass is 16.3. The average Bonchev–Trinajstić information content (AvgIpc) is 3.16. The maximum Gasteiger partial charge on any atom is 0.271 e. The molecule has 0 atom stereocenters. The number of carbonyl (C=O) groups excluding carboxylic acids is 2. The number of benzene rings is 2. The molecule has 130 valence electrons. The first-order chi connectivity index (χ1) is 12.6. The molecule has 3 aromatic rings. The lowest BCUT2D eigenvalue weighted by atomic mass is 10.1. The fourth-order valence-electron chi connectivity index (χ4n) is 2.31. The lowest BCUT2D eigenvalue weighted by molar-refractivity contribution is 0.0954. The van der Waals surface area contributed by atoms with Gasteiger partial charge in [0.1, 0.15) is 5.76 Å². The monoisotopic (exact) mass is 347 g/mol. The van der Waals surface area contributed by atoms with Gasteiger partial charge in [-0.2, -0.15) is 5.10 Å². The maximum atomic E-state index is 12.3. The predicted molar refractivity (Wildman–Crippen MR) is 99.3 cm³/mol. The van der Waals surface area contributed by atoms with Crippen LogP contribution in [0.5, 0.6) is 0 Å². The Kier molecular flexibility index (Phi) is 5.24. The molecular weight excluding hydrogens is 330 g/mol. The summed E-state index contributed by atoms with van der Waals surface area (Å²) < 4.78 is 5.08. The maximum absolute atomic E-state index is 12.3. The number of anilines is 1. The van der Waals surface area contributed by atoms with Crippen molar-refractivity contribution in [3.63, 3.8) is 0 Å². The Labute approximate surface area is 150 Å². The van der Waals surface area contributed by atoms with Gasteiger partial charge in [0.05, 0.1) is 12.5 Å². The van der Waals surface area contributed by atoms with Gasteiger partial charge in [-0.3, -0.25) is 9.59 Å². The summed E-state index contributed by atoms with van der Waals surface area (Å²) in [5.41, 5.74) is 4.96. The van der Waals surface area contributed by atoms with E-state index in [2.05, 4.69) is 15.8 Å². The zero-order valence-electron chi connectivity index (χ0n) is 14.1. The quantitative estimate of drug-likeness (QED) is 0.546. The summed E-state index contributed by atoms with van der Waals surface area (Å²) in [5, 5.41) is 6.64. The Balaban J connectivity index is 1.60. The van der Waals surface area contributed by atoms with Crippen molar-refractivity contribution in [3.8, 4) is 0 Å². The van der Waals surface area contributed by atoms with Crippen molar-refractivity contribution in [3.05, 3.63) is 89.4 Å². The largest absolute Gasteiger partial charge is 0.463 e. The van der Waals surface area contributed by atoms with Crippen LogP contribution >= 0.6 is 0 Å². The van der Waals surface area contributed by atoms with Crippen LogP contribution in [0.3, 0.4) is 0 Å². The van der Waals surface area contributed by atoms with E-state index in [1.807, 2.05) is 25.1 Å². The van der Waals surface area contributed by atoms with E-state index in [4.69, 9.17) is 4.42 Å². The first-order valence-electron chi connectivity index (χ1n) is 7.97. The fraction of sp³-hybridized carbons (Fsp3) is 0.0500. The molecule has 6 heteroatoms. The number of nitrogens with zero attached hydrogens (tertiary/aromatic N) is 1. The second kappa shape index (κ2) is 7.94. The molecule has 3 rings (SSSR count). The number of hydrogen-bond donors (Lipinski definition) is 2. The highest BCUT2D eigenvalue weighted by Gasteiger charge is 2.09. The summed E-state index contributed by atoms with van der Waals surface area (Å²) in [6, 6.07) is 17.4. The summed E-state index contributed by atoms with van der Waals surface area (Å²) >= 11 is 0. The van der Waals surface area contributed by atoms with Gasteiger partial charge in [-0.25, -0.2) is 5.43 Å². The molecule has 0 unspecified atom stereocenters. The van der Waals surface area contributed by atoms with Gasteiger partial charge in [0.15, 0.2) is 0 Å². The minimum absolute atomic E-state index is 0.191. The molecule has 0 radical (unpaired) electrons. The van der Waals surface area contributed by atoms with Gasteiger partial charge in [0.25, 0.3) is 11.8 Å². The number of rotatable bonds is 5. The third-order valence-corrected chi connectivity index (χ3v) is 3.70. The molecule has 2 aromatic carbocycles. The molecule has 0 spiro atoms. The molecule has 26 heavy (non-hydrogen) atoms. The van der Waals surface area contributed by atoms with Crippen LogP contribution in [0.2, 0.25) is 0 Å². The van der Waals surface area contributed by atoms with Crippen LogP contribution in [0.4, 0.5) is 5.69 Å². The molecule has 2 N–H and O–H groups in total. The van der Waals surface area contributed by atoms with Crippen LogP contribution < -0.4 is 10.7 Å². The van der Waals surface area contributed by atoms with E-state index in [1.54, 1.807) is 42.5 Å². The van der Waals surface area contributed by atoms with Crippen molar-refractivity contribution < 1.29 is 14.0 Å². The van der Waals surface area contributed by atoms with Gasteiger partial charge in [-0.15, -0.1) is 0 Å². The molecule has 0 aliphatic heterocycles. The summed E-state index contributed by atoms with van der Waals surface area (Å²) in [4.78, 5) is 24.3. The number of nitrogens with one attached hydrogen (secondary N) is 2. The zero-order valence-corrected chi connectivity index (χ0v) is 14.1. The third-order valence-electron chi connectivity index (χ3n) is 3.70. The number of carbonyl (C=O) groups is 2. The van der Waals surface area contributed by atoms with Crippen molar-refractivity contribution in [1.29, 1.82) is 0 Å². The van der Waals surface area contributed by atoms with E-state index >= 15 is 0 Å². The van der Waals surface area contributed by atoms with Crippen molar-refractivity contribution in [2.24, 2.45) is 5.10 Å². The van der Waals surface area contributed by atoms with Crippen LogP contribution in [0.1, 0.15) is 32.0 Å². The molecule has 0 saturated carbocycles. The van der Waals surface area contributed by atoms with E-state index in [9.17, 15) is 9.59 Å². The van der Waals surface area contributed by atoms with Crippen molar-refractivity contribution in [1.82, 2.24) is 5.43 Å². The van der Waals surface area contributed by atoms with E-state index < -0.39 is 0 Å². The SMILES string of the molecule is Cc1ccccc1C(=O)Nc1ccc(C(=O)N/N=C\c2ccco2)cc1. The van der Waals surface area contributed by atoms with E-state index in [0.29, 0.717) is 22.6 Å². The molecule has 0 aliphatic carbocycles. The van der Waals surface area contributed by atoms with E-state index in [1.165, 1.54) is 12.5 Å². The van der Waals surface area contributed by atoms with Gasteiger partial charge in [-0.05, 0) is 55.0 Å². The lowest BCUT2D eigenvalue weighted by Crippen LogP contribution is -2.18. The molecule has 0 fully saturated rings. The van der Waals surface area contributed by atoms with Crippen molar-refractivity contribution >= 4 is 23.7 Å². The summed E-state index contributed by atoms with van der Waals surface area (Å²) in [7, 11) is 0. The topological polar surface area (TPSA) is 83.7 Å². The number of hydrogen-bond acceptors (Lipinski definition) is 4. The Morgan fingerprint density at radius 3 is 2.42 bits per heavy atom. The van der Waals surface area contributed by atoms with Gasteiger partial charge >= 0.3 is 0 Å². The normalized spacial score (nSPS) is 10.7. The Hall–Kier alpha value is -3.67. The van der Waals surface area contributed by atoms with Gasteiger partial charge in [0, 0.05) is 16.8 Å². The Morgan fingerprint density at radius 1 is 0.962 bits per heavy atom. The molecule has 1 aromatic heterocycles. The standard InChI is InChI=1S/C20H17N3O3/c1-14-5-2-3-7-18(14)20(25)22-16-10-8-15(9-11-16)19(24)23-21-13-17-6-4-12-26-17/h2-13H,1H3,(H,22,25)(H,23,24)/b21-13-. The summed E-state index contributed by atoms with van der Waals surface area (Å²) in [6.45, 7) is 1.88. The predicted octanol–water partition coefficient (Wildman–Crippen LogP) is 3.60. The molecule has 0 aliphatic rings. The number of furan rings is 1. The molecular formula is C20H17N3O3. The Bertz CT molecular complexity index is 929. The van der Waals surface area contributed by atoms with Gasteiger partial charge in [-0.1, -0.05) is 18.2 Å². The number of amides is 2. The second-order valence-electron chi connectivity index (χ2n) is 5.56. The Morgan fingerprint density at radius 2 is 1.73 bits per heavy atom. The van der Waals surface area contributed by atoms with Gasteiger partial charge < -0.3 is 9.73 Å². The van der Waals surface area contributed by atoms with E-state index in [-0.39, 0.29) is 11.8 Å². The molecule has 0 bridgehead atoms. The minimum atomic E-state index is -0.357. The molecule has 6 nitrogen and oxygen atoms in total. The second-order valence-corrected chi connectivity index (χ2v) is 5.56. The first kappa shape index (κ1) is 17.2. The van der Waals surface area contributed by atoms with Crippen LogP contribution in [0, 0.1) is 6.92 Å². The summed E-state index contributed by atoms with van der Waals surface area (Å²) in [5.74, 6) is -0.00694. The summed E-state index contributed by atoms with van der Waals surface area (Å²) in [6.07, 6.45) is 2.93. The highest BCUT2D eigenvalue weighted by molar-refractivity contribution is 6.05. The highest BCUT2D eigenvalue weighted by Crippen LogP contribution is 2.13. The smallest absolute Gasteiger partial charge is 0.271 e. The number of hydrazone groups is 1. The van der Waals surface area contributed by atoms with Crippen LogP contribution in [-0.4, -0.2) is 18.0 Å². The molecule has 1 heterocycles. The molecule has 0 saturated heterocycles. The lowest BCUT2D eigenvalue weighted by Gasteiger charge is -2.08. The first-order valence-corrected chi connectivity index (χ1v) is 7.97. The van der Waals surface area contributed by atoms with Gasteiger partial charge in [0.2, 0.25) is 0 Å². The van der Waals surface area contributed by atoms with Crippen LogP contribution in [-0.2, 0) is 0 Å². The molecule has 2 amide bonds. The third kappa shape index (κ3) is 4.24. The van der Waals surface area contributed by atoms with E-state index in [0.717, 1.165) is 5.56 Å². The number of aryl methyl sites for hydroxylation is 1. The average molecular weight is 347 g/mol.